The van der Waals surface area contributed by atoms with E-state index in [0.717, 1.165) is 38.5 Å². The SMILES string of the molecule is NCC1CCCCC1C(=O)N(CC(=O)O)C1CC1. The van der Waals surface area contributed by atoms with Crippen LogP contribution in [-0.4, -0.2) is 41.0 Å². The van der Waals surface area contributed by atoms with Gasteiger partial charge in [0.15, 0.2) is 0 Å². The molecule has 2 fully saturated rings. The summed E-state index contributed by atoms with van der Waals surface area (Å²) >= 11 is 0. The molecular weight excluding hydrogens is 232 g/mol. The summed E-state index contributed by atoms with van der Waals surface area (Å²) in [5.74, 6) is -0.713. The van der Waals surface area contributed by atoms with Crippen molar-refractivity contribution in [2.45, 2.75) is 44.6 Å². The van der Waals surface area contributed by atoms with Crippen LogP contribution in [0.3, 0.4) is 0 Å². The van der Waals surface area contributed by atoms with E-state index >= 15 is 0 Å². The average molecular weight is 254 g/mol. The molecule has 102 valence electrons. The molecule has 0 bridgehead atoms. The Balaban J connectivity index is 2.03. The minimum atomic E-state index is -0.921. The Kier molecular flexibility index (Phi) is 4.22. The fourth-order valence-corrected chi connectivity index (χ4v) is 2.95. The Morgan fingerprint density at radius 3 is 2.39 bits per heavy atom. The molecule has 1 amide bonds. The monoisotopic (exact) mass is 254 g/mol. The zero-order valence-electron chi connectivity index (χ0n) is 10.7. The number of hydrogen-bond acceptors (Lipinski definition) is 3. The molecule has 2 rings (SSSR count). The highest BCUT2D eigenvalue weighted by atomic mass is 16.4. The van der Waals surface area contributed by atoms with Gasteiger partial charge in [-0.15, -0.1) is 0 Å². The highest BCUT2D eigenvalue weighted by Gasteiger charge is 2.39. The molecule has 0 aliphatic heterocycles. The average Bonchev–Trinajstić information content (AvgIpc) is 3.19. The molecule has 2 aliphatic rings. The fourth-order valence-electron chi connectivity index (χ4n) is 2.95. The van der Waals surface area contributed by atoms with E-state index in [1.807, 2.05) is 0 Å². The second-order valence-corrected chi connectivity index (χ2v) is 5.48. The van der Waals surface area contributed by atoms with Crippen LogP contribution in [0, 0.1) is 11.8 Å². The van der Waals surface area contributed by atoms with Gasteiger partial charge in [0.2, 0.25) is 5.91 Å². The minimum absolute atomic E-state index is 0.0232. The van der Waals surface area contributed by atoms with Crippen molar-refractivity contribution < 1.29 is 14.7 Å². The Hall–Kier alpha value is -1.10. The van der Waals surface area contributed by atoms with Crippen molar-refractivity contribution in [3.63, 3.8) is 0 Å². The maximum absolute atomic E-state index is 12.5. The highest BCUT2D eigenvalue weighted by Crippen LogP contribution is 2.34. The van der Waals surface area contributed by atoms with Gasteiger partial charge in [-0.05, 0) is 38.1 Å². The van der Waals surface area contributed by atoms with Gasteiger partial charge in [0.25, 0.3) is 0 Å². The summed E-state index contributed by atoms with van der Waals surface area (Å²) in [4.78, 5) is 24.9. The second-order valence-electron chi connectivity index (χ2n) is 5.48. The molecule has 2 aliphatic carbocycles. The van der Waals surface area contributed by atoms with Crippen molar-refractivity contribution in [3.8, 4) is 0 Å². The molecule has 2 unspecified atom stereocenters. The van der Waals surface area contributed by atoms with Crippen LogP contribution in [0.1, 0.15) is 38.5 Å². The number of nitrogens with two attached hydrogens (primary N) is 1. The lowest BCUT2D eigenvalue weighted by atomic mass is 9.78. The minimum Gasteiger partial charge on any atom is -0.480 e. The molecule has 2 atom stereocenters. The number of nitrogens with zero attached hydrogens (tertiary/aromatic N) is 1. The lowest BCUT2D eigenvalue weighted by Gasteiger charge is -2.33. The Morgan fingerprint density at radius 2 is 1.83 bits per heavy atom. The number of hydrogen-bond donors (Lipinski definition) is 2. The van der Waals surface area contributed by atoms with Crippen molar-refractivity contribution in [2.75, 3.05) is 13.1 Å². The van der Waals surface area contributed by atoms with Crippen LogP contribution in [0.25, 0.3) is 0 Å². The lowest BCUT2D eigenvalue weighted by Crippen LogP contribution is -2.45. The van der Waals surface area contributed by atoms with Crippen molar-refractivity contribution in [1.29, 1.82) is 0 Å². The summed E-state index contributed by atoms with van der Waals surface area (Å²) in [6.45, 7) is 0.374. The number of carbonyl (C=O) groups excluding carboxylic acids is 1. The number of rotatable bonds is 5. The Bertz CT molecular complexity index is 328. The maximum atomic E-state index is 12.5. The molecule has 0 saturated heterocycles. The Morgan fingerprint density at radius 1 is 1.17 bits per heavy atom. The topological polar surface area (TPSA) is 83.6 Å². The molecule has 0 aromatic heterocycles. The van der Waals surface area contributed by atoms with E-state index < -0.39 is 5.97 Å². The zero-order chi connectivity index (χ0) is 13.1. The van der Waals surface area contributed by atoms with Crippen LogP contribution in [0.5, 0.6) is 0 Å². The molecular formula is C13H22N2O3. The molecule has 18 heavy (non-hydrogen) atoms. The van der Waals surface area contributed by atoms with Crippen molar-refractivity contribution in [2.24, 2.45) is 17.6 Å². The summed E-state index contributed by atoms with van der Waals surface area (Å²) in [5.41, 5.74) is 5.74. The molecule has 3 N–H and O–H groups in total. The molecule has 0 radical (unpaired) electrons. The summed E-state index contributed by atoms with van der Waals surface area (Å²) in [6.07, 6.45) is 5.94. The molecule has 2 saturated carbocycles. The quantitative estimate of drug-likeness (QED) is 0.761. The molecule has 0 heterocycles. The van der Waals surface area contributed by atoms with Crippen LogP contribution in [0.15, 0.2) is 0 Å². The van der Waals surface area contributed by atoms with Crippen molar-refractivity contribution in [1.82, 2.24) is 4.90 Å². The van der Waals surface area contributed by atoms with Gasteiger partial charge in [-0.25, -0.2) is 0 Å². The molecule has 0 aromatic carbocycles. The predicted octanol–water partition coefficient (Wildman–Crippen LogP) is 0.827. The smallest absolute Gasteiger partial charge is 0.323 e. The van der Waals surface area contributed by atoms with E-state index in [4.69, 9.17) is 10.8 Å². The van der Waals surface area contributed by atoms with Gasteiger partial charge in [0.05, 0.1) is 0 Å². The van der Waals surface area contributed by atoms with Gasteiger partial charge in [0.1, 0.15) is 6.54 Å². The second kappa shape index (κ2) is 5.69. The molecule has 5 nitrogen and oxygen atoms in total. The third-order valence-corrected chi connectivity index (χ3v) is 4.11. The largest absolute Gasteiger partial charge is 0.480 e. The van der Waals surface area contributed by atoms with Crippen molar-refractivity contribution >= 4 is 11.9 Å². The van der Waals surface area contributed by atoms with E-state index in [-0.39, 0.29) is 30.3 Å². The van der Waals surface area contributed by atoms with E-state index in [1.165, 1.54) is 0 Å². The van der Waals surface area contributed by atoms with Crippen LogP contribution >= 0.6 is 0 Å². The van der Waals surface area contributed by atoms with Gasteiger partial charge in [-0.2, -0.15) is 0 Å². The third-order valence-electron chi connectivity index (χ3n) is 4.11. The van der Waals surface area contributed by atoms with Crippen LogP contribution < -0.4 is 5.73 Å². The normalized spacial score (nSPS) is 27.8. The summed E-state index contributed by atoms with van der Waals surface area (Å²) in [7, 11) is 0. The van der Waals surface area contributed by atoms with Crippen molar-refractivity contribution in [3.05, 3.63) is 0 Å². The number of carbonyl (C=O) groups is 2. The van der Waals surface area contributed by atoms with Crippen LogP contribution in [0.2, 0.25) is 0 Å². The first kappa shape index (κ1) is 13.3. The van der Waals surface area contributed by atoms with Gasteiger partial charge in [0, 0.05) is 12.0 Å². The standard InChI is InChI=1S/C13H22N2O3/c14-7-9-3-1-2-4-11(9)13(18)15(8-12(16)17)10-5-6-10/h9-11H,1-8,14H2,(H,16,17). The number of carboxylic acids is 1. The first-order valence-corrected chi connectivity index (χ1v) is 6.85. The van der Waals surface area contributed by atoms with E-state index in [9.17, 15) is 9.59 Å². The maximum Gasteiger partial charge on any atom is 0.323 e. The zero-order valence-corrected chi connectivity index (χ0v) is 10.7. The van der Waals surface area contributed by atoms with E-state index in [2.05, 4.69) is 0 Å². The van der Waals surface area contributed by atoms with E-state index in [0.29, 0.717) is 6.54 Å². The van der Waals surface area contributed by atoms with Crippen LogP contribution in [0.4, 0.5) is 0 Å². The van der Waals surface area contributed by atoms with Gasteiger partial charge >= 0.3 is 5.97 Å². The number of aliphatic carboxylic acids is 1. The predicted molar refractivity (Wildman–Crippen MR) is 66.9 cm³/mol. The lowest BCUT2D eigenvalue weighted by molar-refractivity contribution is -0.148. The highest BCUT2D eigenvalue weighted by molar-refractivity contribution is 5.84. The molecule has 0 aromatic rings. The van der Waals surface area contributed by atoms with Gasteiger partial charge in [-0.3, -0.25) is 9.59 Å². The first-order valence-electron chi connectivity index (χ1n) is 6.85. The van der Waals surface area contributed by atoms with Gasteiger partial charge in [-0.1, -0.05) is 12.8 Å². The molecule has 5 heteroatoms. The summed E-state index contributed by atoms with van der Waals surface area (Å²) in [5, 5.41) is 8.91. The third kappa shape index (κ3) is 3.02. The fraction of sp³-hybridized carbons (Fsp3) is 0.846. The Labute approximate surface area is 107 Å². The van der Waals surface area contributed by atoms with E-state index in [1.54, 1.807) is 4.90 Å². The first-order chi connectivity index (χ1) is 8.63. The summed E-state index contributed by atoms with van der Waals surface area (Å²) < 4.78 is 0. The number of amides is 1. The summed E-state index contributed by atoms with van der Waals surface area (Å²) in [6, 6.07) is 0.161. The van der Waals surface area contributed by atoms with Gasteiger partial charge < -0.3 is 15.7 Å². The molecule has 0 spiro atoms. The van der Waals surface area contributed by atoms with Crippen LogP contribution in [-0.2, 0) is 9.59 Å². The number of carboxylic acid groups (broad SMARTS) is 1.